The molecule has 15 heavy (non-hydrogen) atoms. The van der Waals surface area contributed by atoms with E-state index in [1.807, 2.05) is 12.1 Å². The van der Waals surface area contributed by atoms with E-state index in [0.717, 1.165) is 5.39 Å². The largest absolute Gasteiger partial charge is 0.433 e. The van der Waals surface area contributed by atoms with Gasteiger partial charge in [0.05, 0.1) is 5.02 Å². The molecule has 0 aliphatic carbocycles. The highest BCUT2D eigenvalue weighted by atomic mass is 35.5. The summed E-state index contributed by atoms with van der Waals surface area (Å²) in [5.74, 6) is 0.0322. The third kappa shape index (κ3) is 2.02. The van der Waals surface area contributed by atoms with E-state index in [1.165, 1.54) is 0 Å². The molecule has 0 unspecified atom stereocenters. The van der Waals surface area contributed by atoms with E-state index in [2.05, 4.69) is 4.74 Å². The van der Waals surface area contributed by atoms with Gasteiger partial charge in [-0.3, -0.25) is 0 Å². The summed E-state index contributed by atoms with van der Waals surface area (Å²) in [5, 5.41) is 1.59. The maximum atomic E-state index is 12.1. The van der Waals surface area contributed by atoms with Crippen LogP contribution in [0.15, 0.2) is 36.4 Å². The van der Waals surface area contributed by atoms with Crippen molar-refractivity contribution in [3.63, 3.8) is 0 Å². The van der Waals surface area contributed by atoms with Crippen LogP contribution >= 0.6 is 11.6 Å². The summed E-state index contributed by atoms with van der Waals surface area (Å²) < 4.78 is 28.7. The van der Waals surface area contributed by atoms with E-state index in [0.29, 0.717) is 5.39 Å². The van der Waals surface area contributed by atoms with E-state index in [1.54, 1.807) is 24.3 Å². The Balaban J connectivity index is 2.63. The molecule has 0 bridgehead atoms. The Morgan fingerprint density at radius 1 is 1.07 bits per heavy atom. The summed E-state index contributed by atoms with van der Waals surface area (Å²) in [6, 6.07) is 10.4. The van der Waals surface area contributed by atoms with Gasteiger partial charge in [-0.05, 0) is 11.5 Å². The molecule has 0 saturated heterocycles. The van der Waals surface area contributed by atoms with Crippen LogP contribution in [0.4, 0.5) is 8.78 Å². The Morgan fingerprint density at radius 3 is 2.53 bits per heavy atom. The average molecular weight is 229 g/mol. The van der Waals surface area contributed by atoms with Crippen LogP contribution in [0.25, 0.3) is 10.8 Å². The molecule has 0 aliphatic heterocycles. The smallest absolute Gasteiger partial charge is 0.387 e. The van der Waals surface area contributed by atoms with E-state index in [9.17, 15) is 8.78 Å². The van der Waals surface area contributed by atoms with Crippen LogP contribution in [0.3, 0.4) is 0 Å². The van der Waals surface area contributed by atoms with E-state index < -0.39 is 6.61 Å². The number of hydrogen-bond acceptors (Lipinski definition) is 1. The summed E-state index contributed by atoms with van der Waals surface area (Å²) >= 11 is 5.79. The lowest BCUT2D eigenvalue weighted by Gasteiger charge is -2.09. The highest BCUT2D eigenvalue weighted by molar-refractivity contribution is 6.33. The van der Waals surface area contributed by atoms with Crippen molar-refractivity contribution < 1.29 is 13.5 Å². The topological polar surface area (TPSA) is 9.23 Å². The first kappa shape index (κ1) is 10.2. The number of halogens is 3. The molecule has 0 spiro atoms. The standard InChI is InChI=1S/C11H7ClF2O/c12-9-6-5-7-3-1-2-4-8(7)10(9)15-11(13)14/h1-6,11H. The molecular weight excluding hydrogens is 222 g/mol. The zero-order valence-electron chi connectivity index (χ0n) is 7.58. The van der Waals surface area contributed by atoms with E-state index in [4.69, 9.17) is 11.6 Å². The lowest BCUT2D eigenvalue weighted by atomic mass is 10.1. The zero-order valence-corrected chi connectivity index (χ0v) is 8.34. The molecule has 0 fully saturated rings. The second kappa shape index (κ2) is 4.03. The second-order valence-corrected chi connectivity index (χ2v) is 3.38. The first-order chi connectivity index (χ1) is 7.18. The van der Waals surface area contributed by atoms with Crippen molar-refractivity contribution in [1.29, 1.82) is 0 Å². The molecule has 0 aliphatic rings. The van der Waals surface area contributed by atoms with Crippen molar-refractivity contribution in [2.45, 2.75) is 6.61 Å². The van der Waals surface area contributed by atoms with E-state index >= 15 is 0 Å². The predicted molar refractivity (Wildman–Crippen MR) is 55.6 cm³/mol. The minimum atomic E-state index is -2.87. The fourth-order valence-electron chi connectivity index (χ4n) is 1.43. The molecule has 0 N–H and O–H groups in total. The van der Waals surface area contributed by atoms with Crippen LogP contribution in [0.5, 0.6) is 5.75 Å². The summed E-state index contributed by atoms with van der Waals surface area (Å²) in [6.07, 6.45) is 0. The van der Waals surface area contributed by atoms with Gasteiger partial charge in [0.1, 0.15) is 0 Å². The predicted octanol–water partition coefficient (Wildman–Crippen LogP) is 4.09. The molecule has 0 radical (unpaired) electrons. The van der Waals surface area contributed by atoms with Gasteiger partial charge in [0.2, 0.25) is 0 Å². The van der Waals surface area contributed by atoms with Crippen molar-refractivity contribution in [1.82, 2.24) is 0 Å². The molecule has 0 amide bonds. The second-order valence-electron chi connectivity index (χ2n) is 2.98. The molecule has 0 atom stereocenters. The number of alkyl halides is 2. The normalized spacial score (nSPS) is 10.9. The minimum Gasteiger partial charge on any atom is -0.433 e. The van der Waals surface area contributed by atoms with Crippen molar-refractivity contribution >= 4 is 22.4 Å². The number of hydrogen-bond donors (Lipinski definition) is 0. The molecule has 0 heterocycles. The van der Waals surface area contributed by atoms with Gasteiger partial charge in [-0.1, -0.05) is 41.9 Å². The van der Waals surface area contributed by atoms with Crippen LogP contribution in [0.1, 0.15) is 0 Å². The molecule has 2 aromatic rings. The molecule has 4 heteroatoms. The highest BCUT2D eigenvalue weighted by Gasteiger charge is 2.11. The van der Waals surface area contributed by atoms with Gasteiger partial charge < -0.3 is 4.74 Å². The summed E-state index contributed by atoms with van der Waals surface area (Å²) in [5.41, 5.74) is 0. The Morgan fingerprint density at radius 2 is 1.80 bits per heavy atom. The molecule has 0 aromatic heterocycles. The molecule has 78 valence electrons. The lowest BCUT2D eigenvalue weighted by Crippen LogP contribution is -2.02. The Kier molecular flexibility index (Phi) is 2.73. The van der Waals surface area contributed by atoms with Crippen molar-refractivity contribution in [2.75, 3.05) is 0 Å². The van der Waals surface area contributed by atoms with Crippen molar-refractivity contribution in [3.05, 3.63) is 41.4 Å². The number of rotatable bonds is 2. The van der Waals surface area contributed by atoms with Gasteiger partial charge in [-0.15, -0.1) is 0 Å². The maximum absolute atomic E-state index is 12.1. The van der Waals surface area contributed by atoms with Gasteiger partial charge in [0.15, 0.2) is 5.75 Å². The maximum Gasteiger partial charge on any atom is 0.387 e. The first-order valence-electron chi connectivity index (χ1n) is 4.30. The molecular formula is C11H7ClF2O. The molecule has 0 saturated carbocycles. The first-order valence-corrected chi connectivity index (χ1v) is 4.68. The van der Waals surface area contributed by atoms with Crippen molar-refractivity contribution in [3.8, 4) is 5.75 Å². The van der Waals surface area contributed by atoms with Gasteiger partial charge in [-0.25, -0.2) is 0 Å². The third-order valence-corrected chi connectivity index (χ3v) is 2.34. The van der Waals surface area contributed by atoms with Gasteiger partial charge in [0.25, 0.3) is 0 Å². The monoisotopic (exact) mass is 228 g/mol. The fraction of sp³-hybridized carbons (Fsp3) is 0.0909. The number of ether oxygens (including phenoxy) is 1. The Hall–Kier alpha value is -1.35. The van der Waals surface area contributed by atoms with Gasteiger partial charge >= 0.3 is 6.61 Å². The summed E-state index contributed by atoms with van der Waals surface area (Å²) in [7, 11) is 0. The SMILES string of the molecule is FC(F)Oc1c(Cl)ccc2ccccc12. The van der Waals surface area contributed by atoms with Gasteiger partial charge in [0, 0.05) is 5.39 Å². The zero-order chi connectivity index (χ0) is 10.8. The van der Waals surface area contributed by atoms with Gasteiger partial charge in [-0.2, -0.15) is 8.78 Å². The number of benzene rings is 2. The molecule has 2 rings (SSSR count). The molecule has 2 aromatic carbocycles. The van der Waals surface area contributed by atoms with E-state index in [-0.39, 0.29) is 10.8 Å². The summed E-state index contributed by atoms with van der Waals surface area (Å²) in [4.78, 5) is 0. The Bertz CT molecular complexity index is 485. The quantitative estimate of drug-likeness (QED) is 0.752. The third-order valence-electron chi connectivity index (χ3n) is 2.04. The van der Waals surface area contributed by atoms with Crippen molar-refractivity contribution in [2.24, 2.45) is 0 Å². The minimum absolute atomic E-state index is 0.0322. The van der Waals surface area contributed by atoms with Crippen LogP contribution in [-0.2, 0) is 0 Å². The lowest BCUT2D eigenvalue weighted by molar-refractivity contribution is -0.0487. The van der Waals surface area contributed by atoms with Crippen LogP contribution in [-0.4, -0.2) is 6.61 Å². The fourth-order valence-corrected chi connectivity index (χ4v) is 1.63. The highest BCUT2D eigenvalue weighted by Crippen LogP contribution is 2.34. The summed E-state index contributed by atoms with van der Waals surface area (Å²) in [6.45, 7) is -2.87. The van der Waals surface area contributed by atoms with Crippen LogP contribution in [0.2, 0.25) is 5.02 Å². The molecule has 1 nitrogen and oxygen atoms in total. The van der Waals surface area contributed by atoms with Crippen LogP contribution in [0, 0.1) is 0 Å². The average Bonchev–Trinajstić information content (AvgIpc) is 2.22. The Labute approximate surface area is 90.2 Å². The number of fused-ring (bicyclic) bond motifs is 1. The van der Waals surface area contributed by atoms with Crippen LogP contribution < -0.4 is 4.74 Å².